The highest BCUT2D eigenvalue weighted by molar-refractivity contribution is 5.79. The molecule has 0 N–H and O–H groups in total. The molecule has 0 aliphatic carbocycles. The van der Waals surface area contributed by atoms with Crippen LogP contribution in [0, 0.1) is 0 Å². The molecule has 0 bridgehead atoms. The molecule has 0 radical (unpaired) electrons. The molecule has 0 aromatic heterocycles. The predicted molar refractivity (Wildman–Crippen MR) is 118 cm³/mol. The van der Waals surface area contributed by atoms with Crippen molar-refractivity contribution in [1.29, 1.82) is 0 Å². The van der Waals surface area contributed by atoms with Crippen LogP contribution in [0.3, 0.4) is 0 Å². The summed E-state index contributed by atoms with van der Waals surface area (Å²) in [5.41, 5.74) is 2.05. The number of hydrogen-bond acceptors (Lipinski definition) is 5. The highest BCUT2D eigenvalue weighted by atomic mass is 16.5. The minimum atomic E-state index is 0.115. The lowest BCUT2D eigenvalue weighted by Crippen LogP contribution is -2.49. The van der Waals surface area contributed by atoms with Gasteiger partial charge in [0, 0.05) is 32.7 Å². The van der Waals surface area contributed by atoms with E-state index in [1.807, 2.05) is 35.2 Å². The maximum Gasteiger partial charge on any atom is 0.227 e. The quantitative estimate of drug-likeness (QED) is 0.669. The molecule has 1 heterocycles. The number of carbonyl (C=O) groups excluding carboxylic acids is 1. The Morgan fingerprint density at radius 2 is 1.57 bits per heavy atom. The molecule has 6 nitrogen and oxygen atoms in total. The molecule has 30 heavy (non-hydrogen) atoms. The van der Waals surface area contributed by atoms with Crippen molar-refractivity contribution in [1.82, 2.24) is 9.80 Å². The van der Waals surface area contributed by atoms with Crippen molar-refractivity contribution in [2.24, 2.45) is 0 Å². The molecule has 3 rings (SSSR count). The van der Waals surface area contributed by atoms with Crippen LogP contribution in [-0.2, 0) is 11.2 Å². The first kappa shape index (κ1) is 21.7. The number of hydrogen-bond donors (Lipinski definition) is 0. The molecule has 160 valence electrons. The molecule has 0 saturated carbocycles. The van der Waals surface area contributed by atoms with Crippen LogP contribution in [0.4, 0.5) is 0 Å². The van der Waals surface area contributed by atoms with Gasteiger partial charge in [-0.15, -0.1) is 0 Å². The maximum absolute atomic E-state index is 12.8. The molecule has 1 aliphatic rings. The molecule has 6 heteroatoms. The summed E-state index contributed by atoms with van der Waals surface area (Å²) >= 11 is 0. The predicted octanol–water partition coefficient (Wildman–Crippen LogP) is 3.11. The van der Waals surface area contributed by atoms with E-state index in [1.165, 1.54) is 5.56 Å². The molecule has 0 atom stereocenters. The van der Waals surface area contributed by atoms with E-state index in [1.54, 1.807) is 21.3 Å². The molecule has 1 amide bonds. The summed E-state index contributed by atoms with van der Waals surface area (Å²) in [6.45, 7) is 4.12. The molecule has 2 aromatic rings. The van der Waals surface area contributed by atoms with Crippen LogP contribution in [0.15, 0.2) is 48.5 Å². The first-order valence-corrected chi connectivity index (χ1v) is 10.1. The number of ether oxygens (including phenoxy) is 3. The van der Waals surface area contributed by atoms with E-state index in [0.29, 0.717) is 23.7 Å². The van der Waals surface area contributed by atoms with Crippen LogP contribution in [0.5, 0.6) is 17.2 Å². The number of carbonyl (C=O) groups is 1. The zero-order chi connectivity index (χ0) is 21.3. The molecule has 1 aliphatic heterocycles. The average molecular weight is 411 g/mol. The molecule has 0 unspecified atom stereocenters. The Labute approximate surface area is 178 Å². The summed E-state index contributed by atoms with van der Waals surface area (Å²) in [6.07, 6.45) is 4.63. The van der Waals surface area contributed by atoms with Gasteiger partial charge in [0.15, 0.2) is 11.5 Å². The van der Waals surface area contributed by atoms with Crippen LogP contribution >= 0.6 is 0 Å². The Morgan fingerprint density at radius 3 is 2.13 bits per heavy atom. The standard InChI is InChI=1S/C24H30N2O4/c1-28-21-16-20(17-22(29-2)24(21)30-3)18-23(27)26-14-12-25(13-15-26)11-7-10-19-8-5-4-6-9-19/h4-10,16-17H,11-15,18H2,1-3H3. The lowest BCUT2D eigenvalue weighted by atomic mass is 10.1. The molecular formula is C24H30N2O4. The number of piperazine rings is 1. The SMILES string of the molecule is COc1cc(CC(=O)N2CCN(CC=Cc3ccccc3)CC2)cc(OC)c1OC. The van der Waals surface area contributed by atoms with Crippen LogP contribution in [0.2, 0.25) is 0 Å². The minimum Gasteiger partial charge on any atom is -0.493 e. The van der Waals surface area contributed by atoms with Gasteiger partial charge in [0.1, 0.15) is 0 Å². The minimum absolute atomic E-state index is 0.115. The van der Waals surface area contributed by atoms with E-state index in [-0.39, 0.29) is 5.91 Å². The van der Waals surface area contributed by atoms with Crippen molar-refractivity contribution in [3.8, 4) is 17.2 Å². The monoisotopic (exact) mass is 410 g/mol. The highest BCUT2D eigenvalue weighted by Crippen LogP contribution is 2.38. The topological polar surface area (TPSA) is 51.2 Å². The van der Waals surface area contributed by atoms with Crippen LogP contribution < -0.4 is 14.2 Å². The van der Waals surface area contributed by atoms with Crippen molar-refractivity contribution in [2.75, 3.05) is 54.1 Å². The van der Waals surface area contributed by atoms with Gasteiger partial charge in [-0.2, -0.15) is 0 Å². The first-order valence-electron chi connectivity index (χ1n) is 10.1. The van der Waals surface area contributed by atoms with Gasteiger partial charge in [-0.3, -0.25) is 9.69 Å². The van der Waals surface area contributed by atoms with Gasteiger partial charge in [0.05, 0.1) is 27.8 Å². The summed E-state index contributed by atoms with van der Waals surface area (Å²) in [5.74, 6) is 1.78. The van der Waals surface area contributed by atoms with Crippen molar-refractivity contribution in [2.45, 2.75) is 6.42 Å². The van der Waals surface area contributed by atoms with E-state index in [0.717, 1.165) is 38.3 Å². The second kappa shape index (κ2) is 10.7. The third kappa shape index (κ3) is 5.54. The van der Waals surface area contributed by atoms with Crippen molar-refractivity contribution in [3.05, 3.63) is 59.7 Å². The fourth-order valence-corrected chi connectivity index (χ4v) is 3.61. The van der Waals surface area contributed by atoms with Gasteiger partial charge in [-0.1, -0.05) is 42.5 Å². The Kier molecular flexibility index (Phi) is 7.74. The zero-order valence-electron chi connectivity index (χ0n) is 18.0. The van der Waals surface area contributed by atoms with Crippen molar-refractivity contribution < 1.29 is 19.0 Å². The molecule has 0 spiro atoms. The summed E-state index contributed by atoms with van der Waals surface area (Å²) in [5, 5.41) is 0. The maximum atomic E-state index is 12.8. The Morgan fingerprint density at radius 1 is 0.933 bits per heavy atom. The van der Waals surface area contributed by atoms with E-state index in [9.17, 15) is 4.79 Å². The van der Waals surface area contributed by atoms with Gasteiger partial charge in [-0.05, 0) is 23.3 Å². The second-order valence-electron chi connectivity index (χ2n) is 7.20. The van der Waals surface area contributed by atoms with Crippen LogP contribution in [0.25, 0.3) is 6.08 Å². The Hall–Kier alpha value is -2.99. The summed E-state index contributed by atoms with van der Waals surface area (Å²) < 4.78 is 16.1. The lowest BCUT2D eigenvalue weighted by Gasteiger charge is -2.34. The molecular weight excluding hydrogens is 380 g/mol. The third-order valence-electron chi connectivity index (χ3n) is 5.28. The summed E-state index contributed by atoms with van der Waals surface area (Å²) in [6, 6.07) is 14.0. The van der Waals surface area contributed by atoms with Gasteiger partial charge < -0.3 is 19.1 Å². The van der Waals surface area contributed by atoms with Crippen LogP contribution in [0.1, 0.15) is 11.1 Å². The van der Waals surface area contributed by atoms with Crippen LogP contribution in [-0.4, -0.2) is 69.8 Å². The van der Waals surface area contributed by atoms with Crippen molar-refractivity contribution in [3.63, 3.8) is 0 Å². The molecule has 1 fully saturated rings. The van der Waals surface area contributed by atoms with Gasteiger partial charge in [0.25, 0.3) is 0 Å². The number of amides is 1. The normalized spacial score (nSPS) is 14.7. The number of benzene rings is 2. The van der Waals surface area contributed by atoms with Crippen molar-refractivity contribution >= 4 is 12.0 Å². The van der Waals surface area contributed by atoms with E-state index < -0.39 is 0 Å². The number of rotatable bonds is 8. The average Bonchev–Trinajstić information content (AvgIpc) is 2.79. The summed E-state index contributed by atoms with van der Waals surface area (Å²) in [4.78, 5) is 17.1. The highest BCUT2D eigenvalue weighted by Gasteiger charge is 2.22. The van der Waals surface area contributed by atoms with E-state index in [4.69, 9.17) is 14.2 Å². The largest absolute Gasteiger partial charge is 0.493 e. The Bertz CT molecular complexity index is 834. The zero-order valence-corrected chi connectivity index (χ0v) is 18.0. The fraction of sp³-hybridized carbons (Fsp3) is 0.375. The third-order valence-corrected chi connectivity index (χ3v) is 5.28. The van der Waals surface area contributed by atoms with Gasteiger partial charge in [0.2, 0.25) is 11.7 Å². The lowest BCUT2D eigenvalue weighted by molar-refractivity contribution is -0.132. The molecule has 1 saturated heterocycles. The molecule has 2 aromatic carbocycles. The fourth-order valence-electron chi connectivity index (χ4n) is 3.61. The van der Waals surface area contributed by atoms with E-state index in [2.05, 4.69) is 29.2 Å². The van der Waals surface area contributed by atoms with E-state index >= 15 is 0 Å². The summed E-state index contributed by atoms with van der Waals surface area (Å²) in [7, 11) is 4.72. The van der Waals surface area contributed by atoms with Gasteiger partial charge >= 0.3 is 0 Å². The number of methoxy groups -OCH3 is 3. The smallest absolute Gasteiger partial charge is 0.227 e. The Balaban J connectivity index is 1.52. The van der Waals surface area contributed by atoms with Gasteiger partial charge in [-0.25, -0.2) is 0 Å². The first-order chi connectivity index (χ1) is 14.6. The number of nitrogens with zero attached hydrogens (tertiary/aromatic N) is 2. The second-order valence-corrected chi connectivity index (χ2v) is 7.20.